The molecule has 0 amide bonds. The lowest BCUT2D eigenvalue weighted by atomic mass is 9.83. The van der Waals surface area contributed by atoms with Gasteiger partial charge in [0.2, 0.25) is 0 Å². The minimum Gasteiger partial charge on any atom is -0.493 e. The molecule has 1 aromatic heterocycles. The zero-order valence-corrected chi connectivity index (χ0v) is 21.0. The topological polar surface area (TPSA) is 71.0 Å². The van der Waals surface area contributed by atoms with E-state index in [0.29, 0.717) is 18.9 Å². The van der Waals surface area contributed by atoms with Gasteiger partial charge < -0.3 is 24.4 Å². The molecule has 1 N–H and O–H groups in total. The molecule has 7 nitrogen and oxygen atoms in total. The van der Waals surface area contributed by atoms with E-state index in [9.17, 15) is 5.11 Å². The molecule has 0 bridgehead atoms. The molecule has 2 aliphatic rings. The van der Waals surface area contributed by atoms with Crippen LogP contribution in [0, 0.1) is 5.92 Å². The van der Waals surface area contributed by atoms with Gasteiger partial charge in [-0.05, 0) is 88.7 Å². The summed E-state index contributed by atoms with van der Waals surface area (Å²) in [5.74, 6) is 3.64. The van der Waals surface area contributed by atoms with E-state index < -0.39 is 5.60 Å². The second-order valence-corrected chi connectivity index (χ2v) is 10.2. The number of likely N-dealkylation sites (tertiary alicyclic amines) is 1. The molecule has 3 heterocycles. The van der Waals surface area contributed by atoms with Gasteiger partial charge in [-0.2, -0.15) is 0 Å². The summed E-state index contributed by atoms with van der Waals surface area (Å²) in [5.41, 5.74) is 0.485. The van der Waals surface area contributed by atoms with E-state index in [-0.39, 0.29) is 0 Å². The number of piperidine rings is 1. The van der Waals surface area contributed by atoms with Gasteiger partial charge >= 0.3 is 0 Å². The minimum atomic E-state index is -0.620. The number of rotatable bonds is 10. The average Bonchev–Trinajstić information content (AvgIpc) is 3.35. The standard InChI is InChI=1S/C27H40N4O3/c1-27(2,32)22-10-16-31(17-11-22)26-9-12-28-25(29-26)20-21-7-8-23(33-3)24(19-21)34-18-6-15-30-13-4-5-14-30/h7-9,12,19,22,32H,4-6,10-11,13-18,20H2,1-3H3. The number of hydrogen-bond acceptors (Lipinski definition) is 7. The van der Waals surface area contributed by atoms with Crippen molar-refractivity contribution < 1.29 is 14.6 Å². The lowest BCUT2D eigenvalue weighted by molar-refractivity contribution is 0.00645. The van der Waals surface area contributed by atoms with Crippen molar-refractivity contribution in [3.63, 3.8) is 0 Å². The van der Waals surface area contributed by atoms with Crippen LogP contribution in [0.2, 0.25) is 0 Å². The van der Waals surface area contributed by atoms with Gasteiger partial charge in [-0.1, -0.05) is 6.07 Å². The molecule has 2 aliphatic heterocycles. The molecule has 0 saturated carbocycles. The third-order valence-electron chi connectivity index (χ3n) is 7.17. The van der Waals surface area contributed by atoms with Crippen molar-refractivity contribution in [3.05, 3.63) is 41.9 Å². The first-order chi connectivity index (χ1) is 16.4. The SMILES string of the molecule is COc1ccc(Cc2nccc(N3CCC(C(C)(C)O)CC3)n2)cc1OCCCN1CCCC1. The van der Waals surface area contributed by atoms with Crippen LogP contribution in [-0.4, -0.2) is 72.0 Å². The van der Waals surface area contributed by atoms with Crippen molar-refractivity contribution >= 4 is 5.82 Å². The fourth-order valence-electron chi connectivity index (χ4n) is 5.07. The van der Waals surface area contributed by atoms with Crippen molar-refractivity contribution in [1.29, 1.82) is 0 Å². The molecule has 34 heavy (non-hydrogen) atoms. The van der Waals surface area contributed by atoms with Gasteiger partial charge in [-0.15, -0.1) is 0 Å². The number of hydrogen-bond donors (Lipinski definition) is 1. The van der Waals surface area contributed by atoms with Crippen molar-refractivity contribution in [2.75, 3.05) is 51.3 Å². The fraction of sp³-hybridized carbons (Fsp3) is 0.630. The highest BCUT2D eigenvalue weighted by atomic mass is 16.5. The van der Waals surface area contributed by atoms with Crippen LogP contribution in [0.5, 0.6) is 11.5 Å². The number of methoxy groups -OCH3 is 1. The maximum atomic E-state index is 10.3. The summed E-state index contributed by atoms with van der Waals surface area (Å²) in [6.07, 6.45) is 8.08. The molecule has 0 spiro atoms. The molecule has 2 saturated heterocycles. The monoisotopic (exact) mass is 468 g/mol. The first-order valence-electron chi connectivity index (χ1n) is 12.7. The maximum Gasteiger partial charge on any atom is 0.161 e. The molecule has 0 unspecified atom stereocenters. The van der Waals surface area contributed by atoms with E-state index >= 15 is 0 Å². The fourth-order valence-corrected chi connectivity index (χ4v) is 5.07. The lowest BCUT2D eigenvalue weighted by Gasteiger charge is -2.38. The summed E-state index contributed by atoms with van der Waals surface area (Å²) in [4.78, 5) is 14.2. The smallest absolute Gasteiger partial charge is 0.161 e. The number of ether oxygens (including phenoxy) is 2. The molecular formula is C27H40N4O3. The quantitative estimate of drug-likeness (QED) is 0.530. The summed E-state index contributed by atoms with van der Waals surface area (Å²) < 4.78 is 11.6. The van der Waals surface area contributed by atoms with E-state index in [1.54, 1.807) is 7.11 Å². The Hall–Kier alpha value is -2.38. The number of benzene rings is 1. The molecule has 4 rings (SSSR count). The van der Waals surface area contributed by atoms with Crippen molar-refractivity contribution in [3.8, 4) is 11.5 Å². The number of anilines is 1. The van der Waals surface area contributed by atoms with Crippen molar-refractivity contribution in [2.45, 2.75) is 58.0 Å². The van der Waals surface area contributed by atoms with Crippen LogP contribution in [0.15, 0.2) is 30.5 Å². The number of aliphatic hydroxyl groups is 1. The molecule has 0 radical (unpaired) electrons. The minimum absolute atomic E-state index is 0.332. The summed E-state index contributed by atoms with van der Waals surface area (Å²) in [7, 11) is 1.68. The Morgan fingerprint density at radius 1 is 1.06 bits per heavy atom. The zero-order valence-electron chi connectivity index (χ0n) is 21.0. The number of nitrogens with zero attached hydrogens (tertiary/aromatic N) is 4. The first kappa shape index (κ1) is 24.7. The molecule has 7 heteroatoms. The van der Waals surface area contributed by atoms with E-state index in [2.05, 4.69) is 26.9 Å². The summed E-state index contributed by atoms with van der Waals surface area (Å²) in [6.45, 7) is 9.85. The predicted octanol–water partition coefficient (Wildman–Crippen LogP) is 3.93. The van der Waals surface area contributed by atoms with Crippen LogP contribution >= 0.6 is 0 Å². The Kier molecular flexibility index (Phi) is 8.27. The average molecular weight is 469 g/mol. The molecule has 0 aliphatic carbocycles. The maximum absolute atomic E-state index is 10.3. The molecule has 186 valence electrons. The van der Waals surface area contributed by atoms with E-state index in [1.165, 1.54) is 25.9 Å². The molecule has 2 aromatic rings. The van der Waals surface area contributed by atoms with Crippen LogP contribution in [0.1, 0.15) is 57.3 Å². The van der Waals surface area contributed by atoms with Gasteiger partial charge in [0.05, 0.1) is 19.3 Å². The molecule has 1 aromatic carbocycles. The Bertz CT molecular complexity index is 916. The van der Waals surface area contributed by atoms with Crippen LogP contribution in [0.4, 0.5) is 5.82 Å². The zero-order chi connectivity index (χ0) is 24.0. The Morgan fingerprint density at radius 2 is 1.82 bits per heavy atom. The lowest BCUT2D eigenvalue weighted by Crippen LogP contribution is -2.42. The Balaban J connectivity index is 1.35. The van der Waals surface area contributed by atoms with Crippen LogP contribution in [0.25, 0.3) is 0 Å². The molecular weight excluding hydrogens is 428 g/mol. The van der Waals surface area contributed by atoms with Gasteiger partial charge in [0.25, 0.3) is 0 Å². The molecule has 2 fully saturated rings. The third-order valence-corrected chi connectivity index (χ3v) is 7.17. The summed E-state index contributed by atoms with van der Waals surface area (Å²) >= 11 is 0. The van der Waals surface area contributed by atoms with Crippen LogP contribution in [-0.2, 0) is 6.42 Å². The highest BCUT2D eigenvalue weighted by Crippen LogP contribution is 2.31. The van der Waals surface area contributed by atoms with Gasteiger partial charge in [0, 0.05) is 32.3 Å². The van der Waals surface area contributed by atoms with E-state index in [1.807, 2.05) is 32.2 Å². The van der Waals surface area contributed by atoms with E-state index in [4.69, 9.17) is 14.5 Å². The Morgan fingerprint density at radius 3 is 2.53 bits per heavy atom. The molecule has 0 atom stereocenters. The van der Waals surface area contributed by atoms with Crippen LogP contribution < -0.4 is 14.4 Å². The summed E-state index contributed by atoms with van der Waals surface area (Å²) in [6, 6.07) is 8.06. The van der Waals surface area contributed by atoms with Gasteiger partial charge in [0.1, 0.15) is 11.6 Å². The highest BCUT2D eigenvalue weighted by Gasteiger charge is 2.30. The van der Waals surface area contributed by atoms with Gasteiger partial charge in [-0.3, -0.25) is 0 Å². The van der Waals surface area contributed by atoms with Crippen molar-refractivity contribution in [1.82, 2.24) is 14.9 Å². The second-order valence-electron chi connectivity index (χ2n) is 10.2. The van der Waals surface area contributed by atoms with Gasteiger partial charge in [0.15, 0.2) is 11.5 Å². The van der Waals surface area contributed by atoms with Crippen LogP contribution in [0.3, 0.4) is 0 Å². The van der Waals surface area contributed by atoms with Crippen molar-refractivity contribution in [2.24, 2.45) is 5.92 Å². The summed E-state index contributed by atoms with van der Waals surface area (Å²) in [5, 5.41) is 10.3. The second kappa shape index (κ2) is 11.4. The Labute approximate surface area is 204 Å². The largest absolute Gasteiger partial charge is 0.493 e. The first-order valence-corrected chi connectivity index (χ1v) is 12.7. The highest BCUT2D eigenvalue weighted by molar-refractivity contribution is 5.44. The number of aromatic nitrogens is 2. The van der Waals surface area contributed by atoms with Gasteiger partial charge in [-0.25, -0.2) is 9.97 Å². The predicted molar refractivity (Wildman–Crippen MR) is 135 cm³/mol. The normalized spacial score (nSPS) is 17.8. The van der Waals surface area contributed by atoms with E-state index in [0.717, 1.165) is 67.6 Å². The third kappa shape index (κ3) is 6.60.